The first-order chi connectivity index (χ1) is 17.5. The molecule has 6 nitrogen and oxygen atoms in total. The summed E-state index contributed by atoms with van der Waals surface area (Å²) in [5.74, 6) is 1.21. The molecule has 1 aliphatic carbocycles. The Morgan fingerprint density at radius 2 is 1.70 bits per heavy atom. The molecule has 0 saturated heterocycles. The van der Waals surface area contributed by atoms with Gasteiger partial charge in [0.25, 0.3) is 5.91 Å². The van der Waals surface area contributed by atoms with Crippen molar-refractivity contribution in [2.45, 2.75) is 73.3 Å². The fraction of sp³-hybridized carbons (Fsp3) is 0.500. The molecule has 7 heteroatoms. The van der Waals surface area contributed by atoms with Gasteiger partial charge in [-0.05, 0) is 67.5 Å². The molecule has 0 heterocycles. The van der Waals surface area contributed by atoms with Gasteiger partial charge >= 0.3 is 0 Å². The highest BCUT2D eigenvalue weighted by atomic mass is 35.5. The van der Waals surface area contributed by atoms with Crippen molar-refractivity contribution < 1.29 is 19.1 Å². The molecule has 0 aromatic heterocycles. The smallest absolute Gasteiger partial charge is 0.257 e. The third-order valence-corrected chi connectivity index (χ3v) is 7.19. The molecule has 2 N–H and O–H groups in total. The standard InChI is InChI=1S/C30H39ClN2O4/c1-6-37-27-14-12-22(17-24(27)26(34)16-20-9-7-19(2)8-10-20)33-28(35)23-15-21(11-13-25(23)31)18-32-29(36)30(3,4)5/h11-15,17,19-20H,6-10,16,18H2,1-5H3,(H,32,36)(H,33,35). The predicted octanol–water partition coefficient (Wildman–Crippen LogP) is 7.05. The van der Waals surface area contributed by atoms with Crippen molar-refractivity contribution in [2.24, 2.45) is 17.3 Å². The van der Waals surface area contributed by atoms with E-state index >= 15 is 0 Å². The normalized spacial score (nSPS) is 17.7. The van der Waals surface area contributed by atoms with Crippen LogP contribution < -0.4 is 15.4 Å². The van der Waals surface area contributed by atoms with Gasteiger partial charge in [-0.3, -0.25) is 14.4 Å². The van der Waals surface area contributed by atoms with Crippen LogP contribution in [-0.4, -0.2) is 24.2 Å². The van der Waals surface area contributed by atoms with E-state index in [1.54, 1.807) is 36.4 Å². The number of hydrogen-bond donors (Lipinski definition) is 2. The lowest BCUT2D eigenvalue weighted by Crippen LogP contribution is -2.34. The van der Waals surface area contributed by atoms with Crippen LogP contribution in [0.2, 0.25) is 5.02 Å². The van der Waals surface area contributed by atoms with Gasteiger partial charge in [-0.25, -0.2) is 0 Å². The minimum Gasteiger partial charge on any atom is -0.493 e. The van der Waals surface area contributed by atoms with E-state index < -0.39 is 11.3 Å². The Labute approximate surface area is 225 Å². The van der Waals surface area contributed by atoms with Crippen molar-refractivity contribution in [3.63, 3.8) is 0 Å². The number of carbonyl (C=O) groups is 3. The van der Waals surface area contributed by atoms with Crippen LogP contribution in [0.3, 0.4) is 0 Å². The van der Waals surface area contributed by atoms with E-state index in [1.165, 1.54) is 0 Å². The first kappa shape index (κ1) is 28.7. The Balaban J connectivity index is 1.75. The number of carbonyl (C=O) groups excluding carboxylic acids is 3. The number of anilines is 1. The van der Waals surface area contributed by atoms with Crippen LogP contribution in [0, 0.1) is 17.3 Å². The van der Waals surface area contributed by atoms with Crippen LogP contribution in [0.1, 0.15) is 93.0 Å². The van der Waals surface area contributed by atoms with Gasteiger partial charge in [0.2, 0.25) is 5.91 Å². The molecule has 2 aromatic carbocycles. The lowest BCUT2D eigenvalue weighted by Gasteiger charge is -2.25. The minimum atomic E-state index is -0.509. The molecule has 1 aliphatic rings. The van der Waals surface area contributed by atoms with E-state index in [0.717, 1.165) is 37.2 Å². The maximum absolute atomic E-state index is 13.2. The van der Waals surface area contributed by atoms with Crippen LogP contribution in [0.25, 0.3) is 0 Å². The van der Waals surface area contributed by atoms with Crippen molar-refractivity contribution in [3.05, 3.63) is 58.1 Å². The lowest BCUT2D eigenvalue weighted by molar-refractivity contribution is -0.128. The second kappa shape index (κ2) is 12.6. The van der Waals surface area contributed by atoms with Gasteiger partial charge in [0, 0.05) is 24.1 Å². The predicted molar refractivity (Wildman–Crippen MR) is 148 cm³/mol. The maximum Gasteiger partial charge on any atom is 0.257 e. The van der Waals surface area contributed by atoms with E-state index in [2.05, 4.69) is 17.6 Å². The first-order valence-corrected chi connectivity index (χ1v) is 13.5. The zero-order chi connectivity index (χ0) is 27.2. The summed E-state index contributed by atoms with van der Waals surface area (Å²) in [4.78, 5) is 38.6. The van der Waals surface area contributed by atoms with E-state index in [-0.39, 0.29) is 18.2 Å². The Bertz CT molecular complexity index is 1130. The molecule has 0 radical (unpaired) electrons. The topological polar surface area (TPSA) is 84.5 Å². The quantitative estimate of drug-likeness (QED) is 0.343. The van der Waals surface area contributed by atoms with Crippen molar-refractivity contribution in [2.75, 3.05) is 11.9 Å². The molecule has 0 atom stereocenters. The highest BCUT2D eigenvalue weighted by molar-refractivity contribution is 6.34. The van der Waals surface area contributed by atoms with Crippen LogP contribution in [0.15, 0.2) is 36.4 Å². The highest BCUT2D eigenvalue weighted by Crippen LogP contribution is 2.33. The Morgan fingerprint density at radius 3 is 2.35 bits per heavy atom. The number of nitrogens with one attached hydrogen (secondary N) is 2. The zero-order valence-electron chi connectivity index (χ0n) is 22.6. The molecule has 37 heavy (non-hydrogen) atoms. The fourth-order valence-corrected chi connectivity index (χ4v) is 4.72. The second-order valence-corrected chi connectivity index (χ2v) is 11.5. The fourth-order valence-electron chi connectivity index (χ4n) is 4.51. The van der Waals surface area contributed by atoms with Crippen molar-refractivity contribution in [1.82, 2.24) is 5.32 Å². The van der Waals surface area contributed by atoms with E-state index in [4.69, 9.17) is 16.3 Å². The number of Topliss-reactive ketones (excluding diaryl/α,β-unsaturated/α-hetero) is 1. The summed E-state index contributed by atoms with van der Waals surface area (Å²) in [7, 11) is 0. The molecule has 1 fully saturated rings. The molecule has 0 aliphatic heterocycles. The van der Waals surface area contributed by atoms with Gasteiger partial charge in [-0.15, -0.1) is 0 Å². The monoisotopic (exact) mass is 526 g/mol. The van der Waals surface area contributed by atoms with Crippen molar-refractivity contribution in [3.8, 4) is 5.75 Å². The summed E-state index contributed by atoms with van der Waals surface area (Å²) in [5, 5.41) is 6.06. The molecule has 200 valence electrons. The second-order valence-electron chi connectivity index (χ2n) is 11.1. The van der Waals surface area contributed by atoms with Gasteiger partial charge in [0.05, 0.1) is 22.8 Å². The van der Waals surface area contributed by atoms with Gasteiger partial charge in [0.15, 0.2) is 5.78 Å². The Kier molecular flexibility index (Phi) is 9.77. The van der Waals surface area contributed by atoms with Crippen LogP contribution >= 0.6 is 11.6 Å². The number of halogens is 1. The minimum absolute atomic E-state index is 0.0359. The Hall–Kier alpha value is -2.86. The van der Waals surface area contributed by atoms with Crippen molar-refractivity contribution in [1.29, 1.82) is 0 Å². The van der Waals surface area contributed by atoms with E-state index in [9.17, 15) is 14.4 Å². The number of rotatable bonds is 9. The number of benzene rings is 2. The lowest BCUT2D eigenvalue weighted by atomic mass is 9.80. The summed E-state index contributed by atoms with van der Waals surface area (Å²) in [6.07, 6.45) is 4.94. The molecule has 0 spiro atoms. The summed E-state index contributed by atoms with van der Waals surface area (Å²) >= 11 is 6.34. The number of ether oxygens (including phenoxy) is 1. The first-order valence-electron chi connectivity index (χ1n) is 13.2. The molecular weight excluding hydrogens is 488 g/mol. The van der Waals surface area contributed by atoms with Crippen LogP contribution in [-0.2, 0) is 11.3 Å². The molecule has 0 bridgehead atoms. The summed E-state index contributed by atoms with van der Waals surface area (Å²) in [5.41, 5.74) is 1.53. The summed E-state index contributed by atoms with van der Waals surface area (Å²) in [6.45, 7) is 10.4. The molecule has 1 saturated carbocycles. The largest absolute Gasteiger partial charge is 0.493 e. The van der Waals surface area contributed by atoms with Gasteiger partial charge in [0.1, 0.15) is 5.75 Å². The molecule has 2 aromatic rings. The molecular formula is C30H39ClN2O4. The molecule has 0 unspecified atom stereocenters. The average molecular weight is 527 g/mol. The molecule has 2 amide bonds. The van der Waals surface area contributed by atoms with E-state index in [0.29, 0.717) is 46.5 Å². The van der Waals surface area contributed by atoms with Crippen LogP contribution in [0.4, 0.5) is 5.69 Å². The maximum atomic E-state index is 13.2. The van der Waals surface area contributed by atoms with Gasteiger partial charge < -0.3 is 15.4 Å². The summed E-state index contributed by atoms with van der Waals surface area (Å²) in [6, 6.07) is 10.2. The summed E-state index contributed by atoms with van der Waals surface area (Å²) < 4.78 is 5.72. The van der Waals surface area contributed by atoms with Crippen LogP contribution in [0.5, 0.6) is 5.75 Å². The van der Waals surface area contributed by atoms with Gasteiger partial charge in [-0.2, -0.15) is 0 Å². The molecule has 3 rings (SSSR count). The highest BCUT2D eigenvalue weighted by Gasteiger charge is 2.24. The number of ketones is 1. The number of amides is 2. The third kappa shape index (κ3) is 8.06. The SMILES string of the molecule is CCOc1ccc(NC(=O)c2cc(CNC(=O)C(C)(C)C)ccc2Cl)cc1C(=O)CC1CCC(C)CC1. The average Bonchev–Trinajstić information content (AvgIpc) is 2.85. The Morgan fingerprint density at radius 1 is 1.00 bits per heavy atom. The number of hydrogen-bond acceptors (Lipinski definition) is 4. The van der Waals surface area contributed by atoms with Crippen molar-refractivity contribution >= 4 is 34.9 Å². The van der Waals surface area contributed by atoms with E-state index in [1.807, 2.05) is 27.7 Å². The third-order valence-electron chi connectivity index (χ3n) is 6.86. The van der Waals surface area contributed by atoms with Gasteiger partial charge in [-0.1, -0.05) is 58.2 Å². The zero-order valence-corrected chi connectivity index (χ0v) is 23.3.